The van der Waals surface area contributed by atoms with Crippen LogP contribution in [0.25, 0.3) is 0 Å². The minimum absolute atomic E-state index is 0.194. The highest BCUT2D eigenvalue weighted by atomic mass is 35.5. The second-order valence-corrected chi connectivity index (χ2v) is 5.80. The number of nitrogens with zero attached hydrogens (tertiary/aromatic N) is 3. The summed E-state index contributed by atoms with van der Waals surface area (Å²) in [5.41, 5.74) is 1.68. The minimum Gasteiger partial charge on any atom is -0.349 e. The minimum atomic E-state index is 0.194. The molecular weight excluding hydrogens is 282 g/mol. The number of halogens is 1. The molecule has 0 aromatic carbocycles. The van der Waals surface area contributed by atoms with E-state index in [2.05, 4.69) is 33.2 Å². The average Bonchev–Trinajstić information content (AvgIpc) is 2.88. The van der Waals surface area contributed by atoms with Crippen LogP contribution in [-0.4, -0.2) is 22.8 Å². The number of rotatable bonds is 2. The van der Waals surface area contributed by atoms with Crippen LogP contribution in [0, 0.1) is 0 Å². The smallest absolute Gasteiger partial charge is 0.156 e. The van der Waals surface area contributed by atoms with Gasteiger partial charge in [0.05, 0.1) is 11.6 Å². The summed E-state index contributed by atoms with van der Waals surface area (Å²) in [6, 6.07) is 2.33. The van der Waals surface area contributed by atoms with Crippen LogP contribution >= 0.6 is 22.9 Å². The van der Waals surface area contributed by atoms with Crippen molar-refractivity contribution in [1.29, 1.82) is 0 Å². The van der Waals surface area contributed by atoms with Crippen LogP contribution in [0.4, 0.5) is 5.82 Å². The number of aldehydes is 1. The lowest BCUT2D eigenvalue weighted by molar-refractivity contribution is 0.112. The van der Waals surface area contributed by atoms with E-state index in [4.69, 9.17) is 11.6 Å². The van der Waals surface area contributed by atoms with Crippen LogP contribution in [0.3, 0.4) is 0 Å². The Balaban J connectivity index is 2.05. The zero-order valence-corrected chi connectivity index (χ0v) is 11.9. The number of hydrogen-bond donors (Lipinski definition) is 0. The Hall–Kier alpha value is -1.46. The summed E-state index contributed by atoms with van der Waals surface area (Å²) < 4.78 is 0. The second-order valence-electron chi connectivity index (χ2n) is 4.44. The van der Waals surface area contributed by atoms with Crippen molar-refractivity contribution in [2.24, 2.45) is 0 Å². The standard InChI is InChI=1S/C13H12ClN3OS/c1-8-9-3-5-19-11(9)2-4-17(8)13-10(6-18)12(14)15-7-16-13/h3,5-8H,2,4H2,1H3. The third-order valence-electron chi connectivity index (χ3n) is 3.48. The van der Waals surface area contributed by atoms with Crippen molar-refractivity contribution in [1.82, 2.24) is 9.97 Å². The highest BCUT2D eigenvalue weighted by Crippen LogP contribution is 2.36. The van der Waals surface area contributed by atoms with E-state index in [1.54, 1.807) is 11.3 Å². The molecule has 2 aromatic rings. The van der Waals surface area contributed by atoms with Gasteiger partial charge < -0.3 is 4.90 Å². The van der Waals surface area contributed by atoms with Gasteiger partial charge in [-0.3, -0.25) is 4.79 Å². The van der Waals surface area contributed by atoms with E-state index in [0.717, 1.165) is 19.3 Å². The number of aromatic nitrogens is 2. The van der Waals surface area contributed by atoms with E-state index < -0.39 is 0 Å². The molecule has 0 radical (unpaired) electrons. The molecule has 1 aliphatic rings. The third-order valence-corrected chi connectivity index (χ3v) is 4.78. The lowest BCUT2D eigenvalue weighted by atomic mass is 10.0. The number of hydrogen-bond acceptors (Lipinski definition) is 5. The summed E-state index contributed by atoms with van der Waals surface area (Å²) in [5.74, 6) is 0.624. The normalized spacial score (nSPS) is 18.2. The van der Waals surface area contributed by atoms with Crippen molar-refractivity contribution in [3.63, 3.8) is 0 Å². The Labute approximate surface area is 120 Å². The summed E-state index contributed by atoms with van der Waals surface area (Å²) in [6.07, 6.45) is 3.10. The number of thiophene rings is 1. The predicted octanol–water partition coefficient (Wildman–Crippen LogP) is 3.13. The van der Waals surface area contributed by atoms with Gasteiger partial charge in [0.2, 0.25) is 0 Å². The number of fused-ring (bicyclic) bond motifs is 1. The zero-order chi connectivity index (χ0) is 13.4. The largest absolute Gasteiger partial charge is 0.349 e. The van der Waals surface area contributed by atoms with E-state index in [0.29, 0.717) is 11.4 Å². The first-order valence-corrected chi connectivity index (χ1v) is 7.26. The molecule has 4 nitrogen and oxygen atoms in total. The average molecular weight is 294 g/mol. The molecule has 6 heteroatoms. The molecule has 0 fully saturated rings. The van der Waals surface area contributed by atoms with E-state index in [1.807, 2.05) is 0 Å². The van der Waals surface area contributed by atoms with Crippen LogP contribution in [-0.2, 0) is 6.42 Å². The SMILES string of the molecule is CC1c2ccsc2CCN1c1ncnc(Cl)c1C=O. The fraction of sp³-hybridized carbons (Fsp3) is 0.308. The van der Waals surface area contributed by atoms with Gasteiger partial charge >= 0.3 is 0 Å². The summed E-state index contributed by atoms with van der Waals surface area (Å²) >= 11 is 7.75. The number of carbonyl (C=O) groups excluding carboxylic acids is 1. The van der Waals surface area contributed by atoms with Gasteiger partial charge in [0.15, 0.2) is 6.29 Å². The van der Waals surface area contributed by atoms with Crippen LogP contribution in [0.15, 0.2) is 17.8 Å². The Bertz CT molecular complexity index is 628. The lowest BCUT2D eigenvalue weighted by Gasteiger charge is -2.35. The summed E-state index contributed by atoms with van der Waals surface area (Å²) in [5, 5.41) is 2.32. The van der Waals surface area contributed by atoms with Crippen LogP contribution in [0.1, 0.15) is 33.8 Å². The highest BCUT2D eigenvalue weighted by Gasteiger charge is 2.28. The van der Waals surface area contributed by atoms with Gasteiger partial charge in [-0.05, 0) is 30.4 Å². The van der Waals surface area contributed by atoms with Crippen molar-refractivity contribution >= 4 is 35.0 Å². The Morgan fingerprint density at radius 3 is 3.16 bits per heavy atom. The molecule has 1 atom stereocenters. The number of carbonyl (C=O) groups is 1. The molecule has 19 heavy (non-hydrogen) atoms. The quantitative estimate of drug-likeness (QED) is 0.630. The first-order chi connectivity index (χ1) is 9.22. The first kappa shape index (κ1) is 12.6. The Morgan fingerprint density at radius 2 is 2.37 bits per heavy atom. The molecule has 3 rings (SSSR count). The molecule has 3 heterocycles. The van der Waals surface area contributed by atoms with Crippen molar-refractivity contribution in [2.45, 2.75) is 19.4 Å². The van der Waals surface area contributed by atoms with Gasteiger partial charge in [0, 0.05) is 11.4 Å². The van der Waals surface area contributed by atoms with Crippen LogP contribution in [0.2, 0.25) is 5.15 Å². The maximum Gasteiger partial charge on any atom is 0.156 e. The molecule has 1 unspecified atom stereocenters. The van der Waals surface area contributed by atoms with E-state index in [-0.39, 0.29) is 11.2 Å². The maximum atomic E-state index is 11.2. The molecule has 0 aliphatic carbocycles. The Morgan fingerprint density at radius 1 is 1.53 bits per heavy atom. The fourth-order valence-electron chi connectivity index (χ4n) is 2.49. The van der Waals surface area contributed by atoms with Gasteiger partial charge in [0.1, 0.15) is 17.3 Å². The van der Waals surface area contributed by atoms with Gasteiger partial charge in [0.25, 0.3) is 0 Å². The zero-order valence-electron chi connectivity index (χ0n) is 10.3. The molecule has 98 valence electrons. The molecular formula is C13H12ClN3OS. The molecule has 0 saturated carbocycles. The third kappa shape index (κ3) is 2.03. The maximum absolute atomic E-state index is 11.2. The Kier molecular flexibility index (Phi) is 3.24. The predicted molar refractivity (Wildman–Crippen MR) is 76.2 cm³/mol. The summed E-state index contributed by atoms with van der Waals surface area (Å²) in [6.45, 7) is 2.96. The molecule has 2 aromatic heterocycles. The van der Waals surface area contributed by atoms with E-state index in [1.165, 1.54) is 16.8 Å². The van der Waals surface area contributed by atoms with E-state index >= 15 is 0 Å². The van der Waals surface area contributed by atoms with Gasteiger partial charge in [-0.2, -0.15) is 0 Å². The second kappa shape index (κ2) is 4.90. The summed E-state index contributed by atoms with van der Waals surface area (Å²) in [7, 11) is 0. The van der Waals surface area contributed by atoms with Crippen molar-refractivity contribution < 1.29 is 4.79 Å². The monoisotopic (exact) mass is 293 g/mol. The fourth-order valence-corrected chi connectivity index (χ4v) is 3.63. The van der Waals surface area contributed by atoms with Crippen molar-refractivity contribution in [2.75, 3.05) is 11.4 Å². The van der Waals surface area contributed by atoms with E-state index in [9.17, 15) is 4.79 Å². The van der Waals surface area contributed by atoms with Gasteiger partial charge in [-0.1, -0.05) is 11.6 Å². The first-order valence-electron chi connectivity index (χ1n) is 6.01. The molecule has 0 amide bonds. The van der Waals surface area contributed by atoms with Crippen LogP contribution < -0.4 is 4.90 Å². The number of anilines is 1. The van der Waals surface area contributed by atoms with Gasteiger partial charge in [-0.15, -0.1) is 11.3 Å². The van der Waals surface area contributed by atoms with Crippen LogP contribution in [0.5, 0.6) is 0 Å². The topological polar surface area (TPSA) is 46.1 Å². The molecule has 0 saturated heterocycles. The molecule has 0 spiro atoms. The van der Waals surface area contributed by atoms with Crippen molar-refractivity contribution in [3.8, 4) is 0 Å². The van der Waals surface area contributed by atoms with Crippen molar-refractivity contribution in [3.05, 3.63) is 38.9 Å². The highest BCUT2D eigenvalue weighted by molar-refractivity contribution is 7.10. The molecule has 0 bridgehead atoms. The van der Waals surface area contributed by atoms with Gasteiger partial charge in [-0.25, -0.2) is 9.97 Å². The molecule has 1 aliphatic heterocycles. The summed E-state index contributed by atoms with van der Waals surface area (Å²) in [4.78, 5) is 22.8. The molecule has 0 N–H and O–H groups in total. The lowest BCUT2D eigenvalue weighted by Crippen LogP contribution is -2.34.